The predicted octanol–water partition coefficient (Wildman–Crippen LogP) is 2.64. The molecular weight excluding hydrogens is 261 g/mol. The van der Waals surface area contributed by atoms with Gasteiger partial charge in [-0.1, -0.05) is 25.1 Å². The molecule has 1 aromatic carbocycles. The first-order chi connectivity index (χ1) is 9.41. The van der Waals surface area contributed by atoms with E-state index < -0.39 is 5.97 Å². The fraction of sp³-hybridized carbons (Fsp3) is 0.467. The molecule has 1 N–H and O–H groups in total. The standard InChI is InChI=1S/C15H20FNO3/c1-11(12-6-3-4-7-13(12)16)10-14(18)17(2)9-5-8-15(19)20/h3-4,6-7,11H,5,8-10H2,1-2H3,(H,19,20). The Morgan fingerprint density at radius 1 is 1.35 bits per heavy atom. The maximum absolute atomic E-state index is 13.6. The largest absolute Gasteiger partial charge is 0.481 e. The van der Waals surface area contributed by atoms with Crippen molar-refractivity contribution in [1.29, 1.82) is 0 Å². The molecule has 0 radical (unpaired) electrons. The SMILES string of the molecule is CC(CC(=O)N(C)CCCC(=O)O)c1ccccc1F. The van der Waals surface area contributed by atoms with Gasteiger partial charge in [0.05, 0.1) is 0 Å². The van der Waals surface area contributed by atoms with E-state index in [9.17, 15) is 14.0 Å². The third-order valence-electron chi connectivity index (χ3n) is 3.23. The molecule has 110 valence electrons. The summed E-state index contributed by atoms with van der Waals surface area (Å²) in [6.45, 7) is 2.20. The Morgan fingerprint density at radius 3 is 2.60 bits per heavy atom. The van der Waals surface area contributed by atoms with Crippen LogP contribution in [0.2, 0.25) is 0 Å². The van der Waals surface area contributed by atoms with Crippen LogP contribution in [0.4, 0.5) is 4.39 Å². The summed E-state index contributed by atoms with van der Waals surface area (Å²) in [4.78, 5) is 23.9. The zero-order valence-corrected chi connectivity index (χ0v) is 11.8. The van der Waals surface area contributed by atoms with Gasteiger partial charge in [0.1, 0.15) is 5.82 Å². The summed E-state index contributed by atoms with van der Waals surface area (Å²) in [6, 6.07) is 6.42. The van der Waals surface area contributed by atoms with E-state index in [0.717, 1.165) is 0 Å². The molecule has 5 heteroatoms. The number of rotatable bonds is 7. The molecule has 0 saturated carbocycles. The highest BCUT2D eigenvalue weighted by molar-refractivity contribution is 5.76. The molecule has 20 heavy (non-hydrogen) atoms. The van der Waals surface area contributed by atoms with Crippen LogP contribution in [-0.2, 0) is 9.59 Å². The normalized spacial score (nSPS) is 11.9. The van der Waals surface area contributed by atoms with Gasteiger partial charge in [-0.3, -0.25) is 9.59 Å². The summed E-state index contributed by atoms with van der Waals surface area (Å²) < 4.78 is 13.6. The summed E-state index contributed by atoms with van der Waals surface area (Å²) in [5, 5.41) is 8.54. The van der Waals surface area contributed by atoms with Crippen LogP contribution in [0.1, 0.15) is 37.7 Å². The van der Waals surface area contributed by atoms with Crippen molar-refractivity contribution in [1.82, 2.24) is 4.90 Å². The Balaban J connectivity index is 2.49. The maximum Gasteiger partial charge on any atom is 0.303 e. The van der Waals surface area contributed by atoms with E-state index in [1.807, 2.05) is 0 Å². The van der Waals surface area contributed by atoms with Crippen molar-refractivity contribution in [3.8, 4) is 0 Å². The number of hydrogen-bond acceptors (Lipinski definition) is 2. The van der Waals surface area contributed by atoms with Crippen LogP contribution in [-0.4, -0.2) is 35.5 Å². The first-order valence-corrected chi connectivity index (χ1v) is 6.62. The highest BCUT2D eigenvalue weighted by atomic mass is 19.1. The molecule has 0 aliphatic carbocycles. The van der Waals surface area contributed by atoms with E-state index in [4.69, 9.17) is 5.11 Å². The second-order valence-corrected chi connectivity index (χ2v) is 4.94. The van der Waals surface area contributed by atoms with E-state index in [2.05, 4.69) is 0 Å². The topological polar surface area (TPSA) is 57.6 Å². The average Bonchev–Trinajstić information content (AvgIpc) is 2.38. The van der Waals surface area contributed by atoms with Gasteiger partial charge in [-0.15, -0.1) is 0 Å². The fourth-order valence-electron chi connectivity index (χ4n) is 1.99. The summed E-state index contributed by atoms with van der Waals surface area (Å²) in [5.74, 6) is -1.48. The number of halogens is 1. The Bertz CT molecular complexity index is 476. The molecule has 1 aromatic rings. The molecule has 4 nitrogen and oxygen atoms in total. The number of amides is 1. The van der Waals surface area contributed by atoms with Crippen LogP contribution in [0.15, 0.2) is 24.3 Å². The van der Waals surface area contributed by atoms with Crippen molar-refractivity contribution >= 4 is 11.9 Å². The zero-order chi connectivity index (χ0) is 15.1. The summed E-state index contributed by atoms with van der Waals surface area (Å²) in [5.41, 5.74) is 0.528. The van der Waals surface area contributed by atoms with Crippen LogP contribution in [0.25, 0.3) is 0 Å². The third-order valence-corrected chi connectivity index (χ3v) is 3.23. The first kappa shape index (κ1) is 16.1. The van der Waals surface area contributed by atoms with Crippen LogP contribution < -0.4 is 0 Å². The molecule has 1 unspecified atom stereocenters. The molecule has 0 heterocycles. The molecule has 0 bridgehead atoms. The van der Waals surface area contributed by atoms with Crippen LogP contribution in [0.3, 0.4) is 0 Å². The van der Waals surface area contributed by atoms with Gasteiger partial charge in [-0.2, -0.15) is 0 Å². The Kier molecular flexibility index (Phi) is 6.15. The summed E-state index contributed by atoms with van der Waals surface area (Å²) >= 11 is 0. The molecule has 0 saturated heterocycles. The highest BCUT2D eigenvalue weighted by Crippen LogP contribution is 2.22. The molecule has 0 aliphatic heterocycles. The minimum absolute atomic E-state index is 0.0421. The highest BCUT2D eigenvalue weighted by Gasteiger charge is 2.17. The van der Waals surface area contributed by atoms with E-state index >= 15 is 0 Å². The van der Waals surface area contributed by atoms with Gasteiger partial charge in [0, 0.05) is 26.4 Å². The summed E-state index contributed by atoms with van der Waals surface area (Å²) in [7, 11) is 1.64. The number of carboxylic acid groups (broad SMARTS) is 1. The summed E-state index contributed by atoms with van der Waals surface area (Å²) in [6.07, 6.45) is 0.677. The van der Waals surface area contributed by atoms with Crippen molar-refractivity contribution in [3.05, 3.63) is 35.6 Å². The third kappa shape index (κ3) is 4.99. The Morgan fingerprint density at radius 2 is 2.00 bits per heavy atom. The van der Waals surface area contributed by atoms with E-state index in [0.29, 0.717) is 18.5 Å². The quantitative estimate of drug-likeness (QED) is 0.836. The molecule has 1 atom stereocenters. The lowest BCUT2D eigenvalue weighted by molar-refractivity contribution is -0.138. The maximum atomic E-state index is 13.6. The van der Waals surface area contributed by atoms with Crippen molar-refractivity contribution in [2.75, 3.05) is 13.6 Å². The van der Waals surface area contributed by atoms with Gasteiger partial charge in [0.25, 0.3) is 0 Å². The van der Waals surface area contributed by atoms with Gasteiger partial charge in [-0.25, -0.2) is 4.39 Å². The Labute approximate surface area is 118 Å². The number of hydrogen-bond donors (Lipinski definition) is 1. The van der Waals surface area contributed by atoms with Gasteiger partial charge in [0.15, 0.2) is 0 Å². The van der Waals surface area contributed by atoms with Crippen molar-refractivity contribution in [2.24, 2.45) is 0 Å². The van der Waals surface area contributed by atoms with E-state index in [1.165, 1.54) is 11.0 Å². The fourth-order valence-corrected chi connectivity index (χ4v) is 1.99. The molecule has 1 rings (SSSR count). The van der Waals surface area contributed by atoms with Crippen LogP contribution >= 0.6 is 0 Å². The number of benzene rings is 1. The minimum Gasteiger partial charge on any atom is -0.481 e. The number of aliphatic carboxylic acids is 1. The van der Waals surface area contributed by atoms with Crippen molar-refractivity contribution in [3.63, 3.8) is 0 Å². The van der Waals surface area contributed by atoms with Gasteiger partial charge in [0.2, 0.25) is 5.91 Å². The molecule has 1 amide bonds. The average molecular weight is 281 g/mol. The van der Waals surface area contributed by atoms with Gasteiger partial charge in [-0.05, 0) is 24.0 Å². The molecule has 0 fully saturated rings. The lowest BCUT2D eigenvalue weighted by Crippen LogP contribution is -2.29. The zero-order valence-electron chi connectivity index (χ0n) is 11.8. The van der Waals surface area contributed by atoms with E-state index in [-0.39, 0.29) is 30.5 Å². The second kappa shape index (κ2) is 7.62. The predicted molar refractivity (Wildman–Crippen MR) is 73.9 cm³/mol. The molecule has 0 aromatic heterocycles. The molecular formula is C15H20FNO3. The van der Waals surface area contributed by atoms with Gasteiger partial charge >= 0.3 is 5.97 Å². The first-order valence-electron chi connectivity index (χ1n) is 6.62. The molecule has 0 spiro atoms. The lowest BCUT2D eigenvalue weighted by atomic mass is 9.96. The number of carbonyl (C=O) groups excluding carboxylic acids is 1. The van der Waals surface area contributed by atoms with Crippen LogP contribution in [0.5, 0.6) is 0 Å². The van der Waals surface area contributed by atoms with Crippen molar-refractivity contribution < 1.29 is 19.1 Å². The lowest BCUT2D eigenvalue weighted by Gasteiger charge is -2.19. The smallest absolute Gasteiger partial charge is 0.303 e. The second-order valence-electron chi connectivity index (χ2n) is 4.94. The monoisotopic (exact) mass is 281 g/mol. The van der Waals surface area contributed by atoms with Gasteiger partial charge < -0.3 is 10.0 Å². The number of carboxylic acids is 1. The number of carbonyl (C=O) groups is 2. The van der Waals surface area contributed by atoms with Crippen molar-refractivity contribution in [2.45, 2.75) is 32.1 Å². The van der Waals surface area contributed by atoms with E-state index in [1.54, 1.807) is 32.2 Å². The minimum atomic E-state index is -0.870. The van der Waals surface area contributed by atoms with Crippen LogP contribution in [0, 0.1) is 5.82 Å². The molecule has 0 aliphatic rings. The Hall–Kier alpha value is -1.91. The number of nitrogens with zero attached hydrogens (tertiary/aromatic N) is 1.